The van der Waals surface area contributed by atoms with E-state index >= 15 is 0 Å². The number of nitrogens with one attached hydrogen (secondary N) is 2. The molecule has 2 aliphatic rings. The molecule has 2 saturated heterocycles. The summed E-state index contributed by atoms with van der Waals surface area (Å²) < 4.78 is 5.55. The third-order valence-corrected chi connectivity index (χ3v) is 5.22. The molecule has 0 aliphatic carbocycles. The molecule has 6 nitrogen and oxygen atoms in total. The first-order valence-electron chi connectivity index (χ1n) is 9.25. The van der Waals surface area contributed by atoms with Crippen molar-refractivity contribution in [1.29, 1.82) is 0 Å². The monoisotopic (exact) mass is 347 g/mol. The molecule has 2 heterocycles. The average molecular weight is 347 g/mol. The lowest BCUT2D eigenvalue weighted by molar-refractivity contribution is -0.123. The predicted octanol–water partition coefficient (Wildman–Crippen LogP) is 1.06. The van der Waals surface area contributed by atoms with Crippen molar-refractivity contribution >= 4 is 5.91 Å². The van der Waals surface area contributed by atoms with Crippen LogP contribution in [0, 0.1) is 0 Å². The Morgan fingerprint density at radius 1 is 1.36 bits per heavy atom. The second-order valence-corrected chi connectivity index (χ2v) is 6.95. The zero-order valence-corrected chi connectivity index (χ0v) is 14.9. The maximum Gasteiger partial charge on any atom is 0.237 e. The summed E-state index contributed by atoms with van der Waals surface area (Å²) in [7, 11) is 1.69. The van der Waals surface area contributed by atoms with Crippen LogP contribution >= 0.6 is 0 Å². The topological polar surface area (TPSA) is 73.8 Å². The number of ether oxygens (including phenoxy) is 1. The maximum atomic E-state index is 12.4. The van der Waals surface area contributed by atoms with Gasteiger partial charge in [-0.25, -0.2) is 0 Å². The number of methoxy groups -OCH3 is 1. The smallest absolute Gasteiger partial charge is 0.237 e. The Balaban J connectivity index is 1.71. The van der Waals surface area contributed by atoms with Gasteiger partial charge in [-0.05, 0) is 38.4 Å². The van der Waals surface area contributed by atoms with Crippen LogP contribution in [0.15, 0.2) is 24.3 Å². The van der Waals surface area contributed by atoms with Gasteiger partial charge < -0.3 is 20.5 Å². The Hall–Kier alpha value is -1.63. The first-order valence-corrected chi connectivity index (χ1v) is 9.25. The summed E-state index contributed by atoms with van der Waals surface area (Å²) in [4.78, 5) is 14.9. The molecular weight excluding hydrogens is 318 g/mol. The van der Waals surface area contributed by atoms with Gasteiger partial charge in [0.25, 0.3) is 0 Å². The number of hydrogen-bond acceptors (Lipinski definition) is 5. The Bertz CT molecular complexity index is 575. The largest absolute Gasteiger partial charge is 0.496 e. The van der Waals surface area contributed by atoms with Crippen molar-refractivity contribution in [1.82, 2.24) is 15.5 Å². The van der Waals surface area contributed by atoms with Crippen LogP contribution in [0.1, 0.15) is 37.3 Å². The number of nitrogens with zero attached hydrogens (tertiary/aromatic N) is 1. The van der Waals surface area contributed by atoms with Crippen LogP contribution < -0.4 is 15.4 Å². The number of benzene rings is 1. The predicted molar refractivity (Wildman–Crippen MR) is 96.6 cm³/mol. The number of β-amino-alcohol motifs (C(OH)–C–C–N with tert-alkyl or cyclic N) is 1. The molecule has 138 valence electrons. The molecule has 0 bridgehead atoms. The van der Waals surface area contributed by atoms with E-state index in [9.17, 15) is 9.90 Å². The minimum absolute atomic E-state index is 0.0338. The van der Waals surface area contributed by atoms with Gasteiger partial charge in [0.15, 0.2) is 0 Å². The Labute approximate surface area is 149 Å². The normalized spacial score (nSPS) is 25.5. The quantitative estimate of drug-likeness (QED) is 0.718. The number of para-hydroxylation sites is 1. The summed E-state index contributed by atoms with van der Waals surface area (Å²) in [5, 5.41) is 15.8. The molecule has 2 aliphatic heterocycles. The number of piperidine rings is 1. The number of likely N-dealkylation sites (tertiary alicyclic amines) is 1. The lowest BCUT2D eigenvalue weighted by atomic mass is 10.0. The minimum Gasteiger partial charge on any atom is -0.496 e. The fourth-order valence-electron chi connectivity index (χ4n) is 3.84. The second-order valence-electron chi connectivity index (χ2n) is 6.95. The first-order chi connectivity index (χ1) is 12.2. The van der Waals surface area contributed by atoms with Crippen molar-refractivity contribution in [2.75, 3.05) is 33.3 Å². The van der Waals surface area contributed by atoms with Crippen molar-refractivity contribution in [3.8, 4) is 5.75 Å². The molecule has 0 aromatic heterocycles. The number of amides is 1. The van der Waals surface area contributed by atoms with Crippen LogP contribution in [-0.2, 0) is 4.79 Å². The molecule has 1 aromatic rings. The molecule has 25 heavy (non-hydrogen) atoms. The van der Waals surface area contributed by atoms with E-state index in [4.69, 9.17) is 4.74 Å². The SMILES string of the molecule is COc1ccccc1[C@H](CNC(=O)[C@H]1C[C@@H](O)CN1)N1CCCCC1. The van der Waals surface area contributed by atoms with E-state index in [0.29, 0.717) is 19.5 Å². The highest BCUT2D eigenvalue weighted by molar-refractivity contribution is 5.82. The molecule has 3 atom stereocenters. The number of carbonyl (C=O) groups excluding carboxylic acids is 1. The van der Waals surface area contributed by atoms with Gasteiger partial charge >= 0.3 is 0 Å². The molecule has 0 radical (unpaired) electrons. The van der Waals surface area contributed by atoms with E-state index in [1.54, 1.807) is 7.11 Å². The van der Waals surface area contributed by atoms with Gasteiger partial charge in [-0.1, -0.05) is 24.6 Å². The molecule has 2 fully saturated rings. The minimum atomic E-state index is -0.428. The van der Waals surface area contributed by atoms with Crippen molar-refractivity contribution in [2.45, 2.75) is 43.9 Å². The Morgan fingerprint density at radius 2 is 2.12 bits per heavy atom. The Morgan fingerprint density at radius 3 is 2.80 bits per heavy atom. The van der Waals surface area contributed by atoms with Crippen molar-refractivity contribution < 1.29 is 14.6 Å². The molecule has 1 aromatic carbocycles. The van der Waals surface area contributed by atoms with Crippen LogP contribution in [0.25, 0.3) is 0 Å². The van der Waals surface area contributed by atoms with Crippen molar-refractivity contribution in [3.63, 3.8) is 0 Å². The zero-order valence-electron chi connectivity index (χ0n) is 14.9. The average Bonchev–Trinajstić information content (AvgIpc) is 3.09. The van der Waals surface area contributed by atoms with Crippen molar-refractivity contribution in [3.05, 3.63) is 29.8 Å². The van der Waals surface area contributed by atoms with E-state index < -0.39 is 6.10 Å². The highest BCUT2D eigenvalue weighted by Crippen LogP contribution is 2.30. The molecule has 6 heteroatoms. The van der Waals surface area contributed by atoms with E-state index in [0.717, 1.165) is 24.4 Å². The molecule has 1 amide bonds. The zero-order chi connectivity index (χ0) is 17.6. The van der Waals surface area contributed by atoms with Gasteiger partial charge in [-0.2, -0.15) is 0 Å². The summed E-state index contributed by atoms with van der Waals surface area (Å²) in [6.07, 6.45) is 3.70. The van der Waals surface area contributed by atoms with Crippen molar-refractivity contribution in [2.24, 2.45) is 0 Å². The van der Waals surface area contributed by atoms with E-state index in [1.807, 2.05) is 18.2 Å². The van der Waals surface area contributed by atoms with E-state index in [1.165, 1.54) is 19.3 Å². The fraction of sp³-hybridized carbons (Fsp3) is 0.632. The van der Waals surface area contributed by atoms with Crippen LogP contribution in [-0.4, -0.2) is 61.3 Å². The summed E-state index contributed by atoms with van der Waals surface area (Å²) in [5.41, 5.74) is 1.12. The molecular formula is C19H29N3O3. The number of carbonyl (C=O) groups is 1. The highest BCUT2D eigenvalue weighted by atomic mass is 16.5. The second kappa shape index (κ2) is 8.65. The number of aliphatic hydroxyl groups is 1. The van der Waals surface area contributed by atoms with Crippen LogP contribution in [0.2, 0.25) is 0 Å². The summed E-state index contributed by atoms with van der Waals surface area (Å²) in [6.45, 7) is 3.12. The van der Waals surface area contributed by atoms with Gasteiger partial charge in [0.1, 0.15) is 5.75 Å². The summed E-state index contributed by atoms with van der Waals surface area (Å²) >= 11 is 0. The summed E-state index contributed by atoms with van der Waals surface area (Å²) in [6, 6.07) is 7.86. The lowest BCUT2D eigenvalue weighted by Gasteiger charge is -2.35. The fourth-order valence-corrected chi connectivity index (χ4v) is 3.84. The van der Waals surface area contributed by atoms with Gasteiger partial charge in [0, 0.05) is 18.7 Å². The molecule has 0 saturated carbocycles. The van der Waals surface area contributed by atoms with Gasteiger partial charge in [0.2, 0.25) is 5.91 Å². The molecule has 3 rings (SSSR count). The van der Waals surface area contributed by atoms with Gasteiger partial charge in [-0.15, -0.1) is 0 Å². The van der Waals surface area contributed by atoms with E-state index in [2.05, 4.69) is 21.6 Å². The lowest BCUT2D eigenvalue weighted by Crippen LogP contribution is -2.45. The van der Waals surface area contributed by atoms with Crippen LogP contribution in [0.4, 0.5) is 0 Å². The standard InChI is InChI=1S/C19H29N3O3/c1-25-18-8-4-3-7-15(18)17(22-9-5-2-6-10-22)13-21-19(24)16-11-14(23)12-20-16/h3-4,7-8,14,16-17,20,23H,2,5-6,9-13H2,1H3,(H,21,24)/t14-,16-,17+/m1/s1. The van der Waals surface area contributed by atoms with Crippen LogP contribution in [0.3, 0.4) is 0 Å². The van der Waals surface area contributed by atoms with Gasteiger partial charge in [0.05, 0.1) is 25.3 Å². The number of hydrogen-bond donors (Lipinski definition) is 3. The molecule has 3 N–H and O–H groups in total. The van der Waals surface area contributed by atoms with E-state index in [-0.39, 0.29) is 18.0 Å². The highest BCUT2D eigenvalue weighted by Gasteiger charge is 2.30. The maximum absolute atomic E-state index is 12.4. The Kier molecular flexibility index (Phi) is 6.29. The molecule has 0 spiro atoms. The van der Waals surface area contributed by atoms with Gasteiger partial charge in [-0.3, -0.25) is 9.69 Å². The van der Waals surface area contributed by atoms with Crippen LogP contribution in [0.5, 0.6) is 5.75 Å². The third kappa shape index (κ3) is 4.51. The number of aliphatic hydroxyl groups excluding tert-OH is 1. The third-order valence-electron chi connectivity index (χ3n) is 5.22. The molecule has 0 unspecified atom stereocenters. The number of rotatable bonds is 6. The summed E-state index contributed by atoms with van der Waals surface area (Å²) in [5.74, 6) is 0.829. The first kappa shape index (κ1) is 18.2.